The summed E-state index contributed by atoms with van der Waals surface area (Å²) < 4.78 is 56.2. The summed E-state index contributed by atoms with van der Waals surface area (Å²) in [6.45, 7) is 5.51. The Balaban J connectivity index is 0.000000254. The van der Waals surface area contributed by atoms with Gasteiger partial charge in [-0.05, 0) is 88.6 Å². The highest BCUT2D eigenvalue weighted by atomic mass is 19.4. The minimum atomic E-state index is -4.37. The predicted octanol–water partition coefficient (Wildman–Crippen LogP) is 7.64. The minimum Gasteiger partial charge on any atom is -0.447 e. The van der Waals surface area contributed by atoms with E-state index in [0.717, 1.165) is 30.3 Å². The molecule has 0 saturated carbocycles. The van der Waals surface area contributed by atoms with E-state index in [9.17, 15) is 27.2 Å². The van der Waals surface area contributed by atoms with Crippen molar-refractivity contribution >= 4 is 12.2 Å². The fourth-order valence-corrected chi connectivity index (χ4v) is 4.88. The van der Waals surface area contributed by atoms with Gasteiger partial charge >= 0.3 is 6.18 Å². The molecule has 1 saturated heterocycles. The van der Waals surface area contributed by atoms with Gasteiger partial charge in [0.1, 0.15) is 19.2 Å². The van der Waals surface area contributed by atoms with Crippen molar-refractivity contribution in [2.24, 2.45) is 0 Å². The van der Waals surface area contributed by atoms with Gasteiger partial charge in [-0.25, -0.2) is 9.37 Å². The predicted molar refractivity (Wildman–Crippen MR) is 174 cm³/mol. The van der Waals surface area contributed by atoms with E-state index in [-0.39, 0.29) is 23.2 Å². The lowest BCUT2D eigenvalue weighted by atomic mass is 10.1. The summed E-state index contributed by atoms with van der Waals surface area (Å²) in [5.74, 6) is 0.462. The molecule has 0 spiro atoms. The second-order valence-electron chi connectivity index (χ2n) is 11.3. The molecule has 1 aromatic heterocycles. The van der Waals surface area contributed by atoms with Crippen molar-refractivity contribution in [2.45, 2.75) is 58.5 Å². The highest BCUT2D eigenvalue weighted by Crippen LogP contribution is 2.30. The van der Waals surface area contributed by atoms with E-state index in [1.165, 1.54) is 42.7 Å². The van der Waals surface area contributed by atoms with Crippen LogP contribution in [0.2, 0.25) is 0 Å². The number of halogens is 4. The number of rotatable bonds is 10. The number of carbonyl (C=O) groups excluding carboxylic acids is 2. The molecule has 1 fully saturated rings. The highest BCUT2D eigenvalue weighted by molar-refractivity contribution is 5.96. The minimum absolute atomic E-state index is 0.203. The lowest BCUT2D eigenvalue weighted by Gasteiger charge is -2.14. The van der Waals surface area contributed by atoms with Crippen LogP contribution in [0.15, 0.2) is 83.5 Å². The fourth-order valence-electron chi connectivity index (χ4n) is 4.88. The van der Waals surface area contributed by atoms with E-state index in [1.807, 2.05) is 25.1 Å². The first kappa shape index (κ1) is 37.1. The van der Waals surface area contributed by atoms with Crippen LogP contribution in [-0.2, 0) is 19.4 Å². The molecule has 47 heavy (non-hydrogen) atoms. The van der Waals surface area contributed by atoms with Gasteiger partial charge in [0.15, 0.2) is 0 Å². The summed E-state index contributed by atoms with van der Waals surface area (Å²) in [7, 11) is 2.12. The van der Waals surface area contributed by atoms with E-state index in [1.54, 1.807) is 12.3 Å². The third kappa shape index (κ3) is 12.8. The maximum absolute atomic E-state index is 12.8. The lowest BCUT2D eigenvalue weighted by Crippen LogP contribution is -2.27. The number of likely N-dealkylation sites (tertiary alicyclic amines) is 1. The van der Waals surface area contributed by atoms with Crippen molar-refractivity contribution in [1.29, 1.82) is 0 Å². The molecule has 1 atom stereocenters. The summed E-state index contributed by atoms with van der Waals surface area (Å²) in [4.78, 5) is 29.6. The van der Waals surface area contributed by atoms with Crippen molar-refractivity contribution in [2.75, 3.05) is 26.7 Å². The zero-order chi connectivity index (χ0) is 34.2. The smallest absolute Gasteiger partial charge is 0.416 e. The van der Waals surface area contributed by atoms with Crippen LogP contribution < -0.4 is 10.6 Å². The number of aryl methyl sites for hydroxylation is 2. The Morgan fingerprint density at radius 1 is 1.02 bits per heavy atom. The number of nitrogens with one attached hydrogen (secondary N) is 2. The van der Waals surface area contributed by atoms with E-state index in [2.05, 4.69) is 46.6 Å². The molecular weight excluding hydrogens is 612 g/mol. The second kappa shape index (κ2) is 18.7. The molecule has 1 aliphatic rings. The summed E-state index contributed by atoms with van der Waals surface area (Å²) in [6, 6.07) is 19.9. The number of nitrogens with zero attached hydrogens (tertiary/aromatic N) is 2. The van der Waals surface area contributed by atoms with E-state index >= 15 is 0 Å². The van der Waals surface area contributed by atoms with Crippen LogP contribution in [-0.4, -0.2) is 48.8 Å². The zero-order valence-electron chi connectivity index (χ0n) is 26.9. The molecule has 3 aromatic carbocycles. The molecule has 1 aliphatic heterocycles. The molecule has 0 bridgehead atoms. The van der Waals surface area contributed by atoms with Gasteiger partial charge in [0.2, 0.25) is 5.89 Å². The fraction of sp³-hybridized carbons (Fsp3) is 0.361. The van der Waals surface area contributed by atoms with Crippen LogP contribution in [0.4, 0.5) is 17.6 Å². The Hall–Kier alpha value is -4.35. The van der Waals surface area contributed by atoms with Crippen LogP contribution in [0, 0.1) is 13.8 Å². The number of benzene rings is 3. The van der Waals surface area contributed by atoms with Gasteiger partial charge in [0.05, 0.1) is 17.3 Å². The summed E-state index contributed by atoms with van der Waals surface area (Å²) in [5.41, 5.74) is 2.80. The molecule has 1 unspecified atom stereocenters. The van der Waals surface area contributed by atoms with E-state index in [0.29, 0.717) is 37.4 Å². The van der Waals surface area contributed by atoms with Crippen LogP contribution in [0.1, 0.15) is 79.9 Å². The van der Waals surface area contributed by atoms with Crippen molar-refractivity contribution in [3.05, 3.63) is 124 Å². The van der Waals surface area contributed by atoms with Crippen LogP contribution in [0.3, 0.4) is 0 Å². The van der Waals surface area contributed by atoms with Crippen molar-refractivity contribution < 1.29 is 31.6 Å². The van der Waals surface area contributed by atoms with Crippen LogP contribution >= 0.6 is 0 Å². The molecule has 2 N–H and O–H groups in total. The third-order valence-corrected chi connectivity index (χ3v) is 7.35. The number of aldehydes is 1. The average Bonchev–Trinajstić information content (AvgIpc) is 3.70. The second-order valence-corrected chi connectivity index (χ2v) is 11.3. The molecule has 0 aliphatic carbocycles. The highest BCUT2D eigenvalue weighted by Gasteiger charge is 2.30. The molecule has 252 valence electrons. The number of carbonyl (C=O) groups is 2. The Morgan fingerprint density at radius 2 is 1.79 bits per heavy atom. The Morgan fingerprint density at radius 3 is 2.36 bits per heavy atom. The Labute approximate surface area is 273 Å². The maximum atomic E-state index is 12.8. The SMILES string of the molecule is Cc1ccccc1.Cc1coc(C2CCCN2C)n1.O=Cc1cc(CF)cc(C(=O)NCCCNCc2cccc(C(F)(F)F)c2)c1. The van der Waals surface area contributed by atoms with Gasteiger partial charge in [-0.1, -0.05) is 54.1 Å². The number of aromatic nitrogens is 1. The van der Waals surface area contributed by atoms with Crippen molar-refractivity contribution in [1.82, 2.24) is 20.5 Å². The van der Waals surface area contributed by atoms with E-state index < -0.39 is 24.3 Å². The Bertz CT molecular complexity index is 1540. The average molecular weight is 655 g/mol. The lowest BCUT2D eigenvalue weighted by molar-refractivity contribution is -0.137. The quantitative estimate of drug-likeness (QED) is 0.104. The Kier molecular flexibility index (Phi) is 14.8. The number of amides is 1. The van der Waals surface area contributed by atoms with E-state index in [4.69, 9.17) is 4.42 Å². The molecule has 2 heterocycles. The van der Waals surface area contributed by atoms with Crippen LogP contribution in [0.25, 0.3) is 0 Å². The molecule has 1 amide bonds. The molecule has 11 heteroatoms. The molecular formula is C36H42F4N4O3. The van der Waals surface area contributed by atoms with Gasteiger partial charge in [0, 0.05) is 24.2 Å². The van der Waals surface area contributed by atoms with Gasteiger partial charge in [-0.15, -0.1) is 0 Å². The first-order chi connectivity index (χ1) is 22.5. The summed E-state index contributed by atoms with van der Waals surface area (Å²) >= 11 is 0. The number of hydrogen-bond donors (Lipinski definition) is 2. The standard InChI is InChI=1S/C20H20F4N2O2.C9H14N2O.C7H8/c21-11-15-7-16(13-27)9-17(8-15)19(28)26-6-2-5-25-12-14-3-1-4-18(10-14)20(22,23)24;1-7-6-12-9(10-7)8-4-3-5-11(8)2;1-7-5-3-2-4-6-7/h1,3-4,7-10,13,25H,2,5-6,11-12H2,(H,26,28);6,8H,3-5H2,1-2H3;2-6H,1H3. The number of alkyl halides is 4. The first-order valence-electron chi connectivity index (χ1n) is 15.4. The third-order valence-electron chi connectivity index (χ3n) is 7.35. The van der Waals surface area contributed by atoms with Gasteiger partial charge < -0.3 is 15.1 Å². The molecule has 0 radical (unpaired) electrons. The molecule has 5 rings (SSSR count). The summed E-state index contributed by atoms with van der Waals surface area (Å²) in [6.07, 6.45) is 0.881. The van der Waals surface area contributed by atoms with Gasteiger partial charge in [-0.2, -0.15) is 13.2 Å². The first-order valence-corrected chi connectivity index (χ1v) is 15.4. The topological polar surface area (TPSA) is 87.5 Å². The van der Waals surface area contributed by atoms with Gasteiger partial charge in [-0.3, -0.25) is 14.5 Å². The van der Waals surface area contributed by atoms with Crippen molar-refractivity contribution in [3.63, 3.8) is 0 Å². The van der Waals surface area contributed by atoms with Crippen LogP contribution in [0.5, 0.6) is 0 Å². The van der Waals surface area contributed by atoms with Crippen molar-refractivity contribution in [3.8, 4) is 0 Å². The van der Waals surface area contributed by atoms with Gasteiger partial charge in [0.25, 0.3) is 5.91 Å². The summed E-state index contributed by atoms with van der Waals surface area (Å²) in [5, 5.41) is 5.68. The maximum Gasteiger partial charge on any atom is 0.416 e. The zero-order valence-corrected chi connectivity index (χ0v) is 26.9. The monoisotopic (exact) mass is 654 g/mol. The normalized spacial score (nSPS) is 14.4. The number of hydrogen-bond acceptors (Lipinski definition) is 6. The molecule has 4 aromatic rings. The largest absolute Gasteiger partial charge is 0.447 e. The number of oxazole rings is 1. The molecule has 7 nitrogen and oxygen atoms in total.